The second-order valence-corrected chi connectivity index (χ2v) is 14.2. The second kappa shape index (κ2) is 19.2. The summed E-state index contributed by atoms with van der Waals surface area (Å²) in [7, 11) is 0. The van der Waals surface area contributed by atoms with Crippen LogP contribution in [0.25, 0.3) is 0 Å². The van der Waals surface area contributed by atoms with Crippen LogP contribution < -0.4 is 26.6 Å². The first-order valence-corrected chi connectivity index (χ1v) is 18.2. The van der Waals surface area contributed by atoms with Crippen molar-refractivity contribution in [1.29, 1.82) is 0 Å². The molecule has 0 aliphatic heterocycles. The van der Waals surface area contributed by atoms with E-state index in [0.717, 1.165) is 16.7 Å². The van der Waals surface area contributed by atoms with E-state index in [-0.39, 0.29) is 6.61 Å². The Hall–Kier alpha value is -6.50. The first kappa shape index (κ1) is 42.2. The summed E-state index contributed by atoms with van der Waals surface area (Å²) in [4.78, 5) is 78.2. The highest BCUT2D eigenvalue weighted by Gasteiger charge is 2.39. The molecule has 0 radical (unpaired) electrons. The highest BCUT2D eigenvalue weighted by molar-refractivity contribution is 6.01. The van der Waals surface area contributed by atoms with Crippen molar-refractivity contribution >= 4 is 41.4 Å². The molecule has 0 fully saturated rings. The average Bonchev–Trinajstić information content (AvgIpc) is 3.16. The fraction of sp³-hybridized carbons (Fsp3) is 0.302. The van der Waals surface area contributed by atoms with Crippen molar-refractivity contribution in [2.24, 2.45) is 0 Å². The van der Waals surface area contributed by atoms with E-state index in [0.29, 0.717) is 11.3 Å². The van der Waals surface area contributed by atoms with E-state index < -0.39 is 71.4 Å². The predicted octanol–water partition coefficient (Wildman–Crippen LogP) is 5.09. The first-order chi connectivity index (χ1) is 26.6. The Morgan fingerprint density at radius 3 is 1.54 bits per heavy atom. The maximum absolute atomic E-state index is 14.3. The van der Waals surface area contributed by atoms with Crippen LogP contribution in [0.2, 0.25) is 0 Å². The zero-order valence-corrected chi connectivity index (χ0v) is 32.4. The van der Waals surface area contributed by atoms with Crippen molar-refractivity contribution in [1.82, 2.24) is 21.3 Å². The molecular formula is C43H49N5O8. The Bertz CT molecular complexity index is 1870. The molecule has 294 valence electrons. The van der Waals surface area contributed by atoms with Gasteiger partial charge in [-0.2, -0.15) is 0 Å². The van der Waals surface area contributed by atoms with Crippen molar-refractivity contribution in [3.8, 4) is 0 Å². The van der Waals surface area contributed by atoms with E-state index in [1.165, 1.54) is 20.8 Å². The van der Waals surface area contributed by atoms with E-state index in [2.05, 4.69) is 26.6 Å². The third-order valence-electron chi connectivity index (χ3n) is 8.51. The summed E-state index contributed by atoms with van der Waals surface area (Å²) in [5.41, 5.74) is 1.34. The molecule has 0 saturated carbocycles. The van der Waals surface area contributed by atoms with Gasteiger partial charge < -0.3 is 36.1 Å². The molecule has 4 aromatic rings. The molecule has 56 heavy (non-hydrogen) atoms. The van der Waals surface area contributed by atoms with Crippen LogP contribution in [0.1, 0.15) is 70.2 Å². The quantitative estimate of drug-likeness (QED) is 0.0821. The Labute approximate surface area is 326 Å². The largest absolute Gasteiger partial charge is 0.461 e. The zero-order chi connectivity index (χ0) is 40.9. The monoisotopic (exact) mass is 763 g/mol. The van der Waals surface area contributed by atoms with Crippen LogP contribution in [0.5, 0.6) is 0 Å². The molecule has 0 aliphatic carbocycles. The number of rotatable bonds is 15. The third-order valence-corrected chi connectivity index (χ3v) is 8.51. The van der Waals surface area contributed by atoms with Crippen LogP contribution >= 0.6 is 0 Å². The highest BCUT2D eigenvalue weighted by atomic mass is 16.6. The lowest BCUT2D eigenvalue weighted by Gasteiger charge is -2.37. The maximum Gasteiger partial charge on any atom is 0.408 e. The van der Waals surface area contributed by atoms with Gasteiger partial charge in [0.25, 0.3) is 0 Å². The standard InChI is InChI=1S/C43H49N5O8/c1-28(44-38(51)29(2)45-41(54)56-42(4,5)6)39(52)47-36(40(53)46-35-24-22-31(23-25-35)27-55-30(3)49)26-37(50)48-43(32-16-10-7-11-17-32,33-18-12-8-13-19-33)34-20-14-9-15-21-34/h7-25,28-29,36H,26-27H2,1-6H3,(H,44,51)(H,45,54)(H,46,53)(H,47,52)(H,48,50)/t28-,29-,36-/m0/s1. The van der Waals surface area contributed by atoms with Crippen LogP contribution in [0, 0.1) is 0 Å². The summed E-state index contributed by atoms with van der Waals surface area (Å²) in [6.07, 6.45) is -1.30. The van der Waals surface area contributed by atoms with Crippen molar-refractivity contribution in [3.05, 3.63) is 138 Å². The minimum atomic E-state index is -1.42. The van der Waals surface area contributed by atoms with Crippen LogP contribution in [0.4, 0.5) is 10.5 Å². The van der Waals surface area contributed by atoms with Gasteiger partial charge in [0, 0.05) is 12.6 Å². The number of hydrogen-bond donors (Lipinski definition) is 5. The molecular weight excluding hydrogens is 715 g/mol. The minimum absolute atomic E-state index is 0.0456. The first-order valence-electron chi connectivity index (χ1n) is 18.2. The smallest absolute Gasteiger partial charge is 0.408 e. The zero-order valence-electron chi connectivity index (χ0n) is 32.4. The van der Waals surface area contributed by atoms with Gasteiger partial charge >= 0.3 is 12.1 Å². The lowest BCUT2D eigenvalue weighted by Crippen LogP contribution is -2.56. The fourth-order valence-electron chi connectivity index (χ4n) is 5.78. The summed E-state index contributed by atoms with van der Waals surface area (Å²) in [6, 6.07) is 31.1. The van der Waals surface area contributed by atoms with E-state index in [1.807, 2.05) is 91.0 Å². The minimum Gasteiger partial charge on any atom is -0.461 e. The lowest BCUT2D eigenvalue weighted by atomic mass is 9.77. The SMILES string of the molecule is CC(=O)OCc1ccc(NC(=O)[C@H](CC(=O)NC(c2ccccc2)(c2ccccc2)c2ccccc2)NC(=O)[C@H](C)NC(=O)[C@H](C)NC(=O)OC(C)(C)C)cc1. The van der Waals surface area contributed by atoms with Crippen LogP contribution in [0.15, 0.2) is 115 Å². The number of nitrogens with one attached hydrogen (secondary N) is 5. The van der Waals surface area contributed by atoms with Gasteiger partial charge in [-0.25, -0.2) is 4.79 Å². The van der Waals surface area contributed by atoms with Crippen molar-refractivity contribution in [2.45, 2.75) is 83.8 Å². The number of hydrogen-bond acceptors (Lipinski definition) is 8. The Morgan fingerprint density at radius 1 is 0.607 bits per heavy atom. The number of amides is 5. The number of anilines is 1. The van der Waals surface area contributed by atoms with E-state index >= 15 is 0 Å². The Morgan fingerprint density at radius 2 is 1.07 bits per heavy atom. The van der Waals surface area contributed by atoms with Crippen molar-refractivity contribution in [3.63, 3.8) is 0 Å². The topological polar surface area (TPSA) is 181 Å². The normalized spacial score (nSPS) is 12.8. The van der Waals surface area contributed by atoms with Crippen LogP contribution in [-0.2, 0) is 45.6 Å². The molecule has 4 aromatic carbocycles. The van der Waals surface area contributed by atoms with Crippen molar-refractivity contribution in [2.75, 3.05) is 5.32 Å². The van der Waals surface area contributed by atoms with E-state index in [4.69, 9.17) is 9.47 Å². The number of esters is 1. The number of alkyl carbamates (subject to hydrolysis) is 1. The summed E-state index contributed by atoms with van der Waals surface area (Å²) in [6.45, 7) is 9.24. The molecule has 4 rings (SSSR count). The predicted molar refractivity (Wildman–Crippen MR) is 211 cm³/mol. The third kappa shape index (κ3) is 12.0. The Kier molecular flexibility index (Phi) is 14.5. The van der Waals surface area contributed by atoms with Gasteiger partial charge in [0.05, 0.1) is 6.42 Å². The molecule has 0 saturated heterocycles. The molecule has 0 bridgehead atoms. The fourth-order valence-corrected chi connectivity index (χ4v) is 5.78. The number of carbonyl (C=O) groups is 6. The van der Waals surface area contributed by atoms with E-state index in [9.17, 15) is 28.8 Å². The number of benzene rings is 4. The second-order valence-electron chi connectivity index (χ2n) is 14.2. The molecule has 5 N–H and O–H groups in total. The molecule has 0 unspecified atom stereocenters. The molecule has 13 nitrogen and oxygen atoms in total. The van der Waals surface area contributed by atoms with E-state index in [1.54, 1.807) is 45.0 Å². The lowest BCUT2D eigenvalue weighted by molar-refractivity contribution is -0.142. The van der Waals surface area contributed by atoms with Crippen LogP contribution in [0.3, 0.4) is 0 Å². The van der Waals surface area contributed by atoms with Crippen LogP contribution in [-0.4, -0.2) is 59.4 Å². The Balaban J connectivity index is 1.61. The molecule has 13 heteroatoms. The van der Waals surface area contributed by atoms with Crippen molar-refractivity contribution < 1.29 is 38.2 Å². The molecule has 0 spiro atoms. The molecule has 3 atom stereocenters. The summed E-state index contributed by atoms with van der Waals surface area (Å²) in [5, 5.41) is 13.6. The van der Waals surface area contributed by atoms with Gasteiger partial charge in [-0.15, -0.1) is 0 Å². The van der Waals surface area contributed by atoms with Gasteiger partial charge in [-0.1, -0.05) is 103 Å². The van der Waals surface area contributed by atoms with Gasteiger partial charge in [0.15, 0.2) is 0 Å². The molecule has 0 heterocycles. The average molecular weight is 764 g/mol. The van der Waals surface area contributed by atoms with Gasteiger partial charge in [-0.05, 0) is 69.0 Å². The summed E-state index contributed by atoms with van der Waals surface area (Å²) in [5.74, 6) is -3.14. The summed E-state index contributed by atoms with van der Waals surface area (Å²) >= 11 is 0. The molecule has 5 amide bonds. The number of ether oxygens (including phenoxy) is 2. The molecule has 0 aromatic heterocycles. The van der Waals surface area contributed by atoms with Gasteiger partial charge in [-0.3, -0.25) is 24.0 Å². The highest BCUT2D eigenvalue weighted by Crippen LogP contribution is 2.37. The summed E-state index contributed by atoms with van der Waals surface area (Å²) < 4.78 is 10.2. The molecule has 0 aliphatic rings. The van der Waals surface area contributed by atoms with Gasteiger partial charge in [0.1, 0.15) is 35.9 Å². The maximum atomic E-state index is 14.3. The number of carbonyl (C=O) groups excluding carboxylic acids is 6. The van der Waals surface area contributed by atoms with Gasteiger partial charge in [0.2, 0.25) is 23.6 Å².